The summed E-state index contributed by atoms with van der Waals surface area (Å²) in [7, 11) is 0.568. The summed E-state index contributed by atoms with van der Waals surface area (Å²) in [6.07, 6.45) is -4.87. The first-order valence-corrected chi connectivity index (χ1v) is 6.73. The van der Waals surface area contributed by atoms with Crippen LogP contribution < -0.4 is 4.74 Å². The van der Waals surface area contributed by atoms with Crippen molar-refractivity contribution in [3.8, 4) is 5.88 Å². The summed E-state index contributed by atoms with van der Waals surface area (Å²) in [5.41, 5.74) is 0. The van der Waals surface area contributed by atoms with Crippen molar-refractivity contribution >= 4 is 19.7 Å². The summed E-state index contributed by atoms with van der Waals surface area (Å²) < 4.78 is 86.9. The zero-order chi connectivity index (χ0) is 14.9. The molecule has 11 heteroatoms. The molecule has 0 saturated heterocycles. The van der Waals surface area contributed by atoms with E-state index in [4.69, 9.17) is 10.7 Å². The van der Waals surface area contributed by atoms with Crippen molar-refractivity contribution < 1.29 is 35.1 Å². The lowest BCUT2D eigenvalue weighted by Gasteiger charge is -2.19. The molecule has 19 heavy (non-hydrogen) atoms. The van der Waals surface area contributed by atoms with E-state index in [-0.39, 0.29) is 0 Å². The van der Waals surface area contributed by atoms with Crippen LogP contribution >= 0.6 is 10.7 Å². The normalized spacial score (nSPS) is 13.4. The summed E-state index contributed by atoms with van der Waals surface area (Å²) in [6, 6.07) is 1.96. The second-order valence-electron chi connectivity index (χ2n) is 3.24. The summed E-state index contributed by atoms with van der Waals surface area (Å²) >= 11 is 0. The van der Waals surface area contributed by atoms with Gasteiger partial charge in [-0.05, 0) is 12.1 Å². The Bertz CT molecular complexity index is 560. The largest absolute Gasteiger partial charge is 0.470 e. The van der Waals surface area contributed by atoms with Gasteiger partial charge in [0.25, 0.3) is 9.05 Å². The van der Waals surface area contributed by atoms with Crippen LogP contribution in [-0.2, 0) is 9.05 Å². The molecule has 1 rings (SSSR count). The Morgan fingerprint density at radius 2 is 1.84 bits per heavy atom. The summed E-state index contributed by atoms with van der Waals surface area (Å²) in [6.45, 7) is -2.10. The fourth-order valence-corrected chi connectivity index (χ4v) is 1.82. The fourth-order valence-electron chi connectivity index (χ4n) is 0.911. The van der Waals surface area contributed by atoms with Crippen LogP contribution in [0.15, 0.2) is 23.2 Å². The lowest BCUT2D eigenvalue weighted by atomic mass is 10.3. The van der Waals surface area contributed by atoms with Gasteiger partial charge in [0.05, 0.1) is 0 Å². The molecule has 0 radical (unpaired) electrons. The van der Waals surface area contributed by atoms with Gasteiger partial charge in [0.15, 0.2) is 6.61 Å². The highest BCUT2D eigenvalue weighted by Crippen LogP contribution is 2.36. The van der Waals surface area contributed by atoms with Crippen LogP contribution in [0, 0.1) is 0 Å². The Morgan fingerprint density at radius 3 is 2.32 bits per heavy atom. The van der Waals surface area contributed by atoms with E-state index in [2.05, 4.69) is 9.72 Å². The van der Waals surface area contributed by atoms with E-state index < -0.39 is 38.5 Å². The monoisotopic (exact) mass is 325 g/mol. The maximum absolute atomic E-state index is 12.6. The van der Waals surface area contributed by atoms with Crippen LogP contribution in [0.1, 0.15) is 0 Å². The van der Waals surface area contributed by atoms with Crippen LogP contribution in [0.4, 0.5) is 22.0 Å². The van der Waals surface area contributed by atoms with Crippen LogP contribution in [0.2, 0.25) is 0 Å². The standard InChI is InChI=1S/C8H5ClF5NO3S/c9-19(16,17)5-2-1-3-15-6(5)18-4-7(10,11)8(12,13)14/h1-3H,4H2. The van der Waals surface area contributed by atoms with Crippen molar-refractivity contribution in [2.24, 2.45) is 0 Å². The molecule has 0 aromatic carbocycles. The lowest BCUT2D eigenvalue weighted by Crippen LogP contribution is -2.42. The minimum atomic E-state index is -5.82. The van der Waals surface area contributed by atoms with E-state index in [1.54, 1.807) is 0 Å². The van der Waals surface area contributed by atoms with Gasteiger partial charge in [-0.2, -0.15) is 22.0 Å². The number of nitrogens with zero attached hydrogens (tertiary/aromatic N) is 1. The smallest absolute Gasteiger partial charge is 0.456 e. The van der Waals surface area contributed by atoms with Gasteiger partial charge in [0, 0.05) is 16.9 Å². The maximum Gasteiger partial charge on any atom is 0.456 e. The Labute approximate surface area is 108 Å². The van der Waals surface area contributed by atoms with Gasteiger partial charge in [0.2, 0.25) is 5.88 Å². The van der Waals surface area contributed by atoms with Crippen LogP contribution in [0.3, 0.4) is 0 Å². The van der Waals surface area contributed by atoms with E-state index >= 15 is 0 Å². The van der Waals surface area contributed by atoms with Gasteiger partial charge in [-0.25, -0.2) is 13.4 Å². The van der Waals surface area contributed by atoms with Gasteiger partial charge in [-0.15, -0.1) is 0 Å². The molecule has 0 aliphatic rings. The van der Waals surface area contributed by atoms with Gasteiger partial charge in [-0.3, -0.25) is 0 Å². The number of halogens is 6. The van der Waals surface area contributed by atoms with Crippen LogP contribution in [0.5, 0.6) is 5.88 Å². The quantitative estimate of drug-likeness (QED) is 0.630. The van der Waals surface area contributed by atoms with E-state index in [0.29, 0.717) is 0 Å². The summed E-state index contributed by atoms with van der Waals surface area (Å²) in [5, 5.41) is 0. The number of hydrogen-bond donors (Lipinski definition) is 0. The number of aromatic nitrogens is 1. The number of hydrogen-bond acceptors (Lipinski definition) is 4. The number of ether oxygens (including phenoxy) is 1. The number of pyridine rings is 1. The zero-order valence-electron chi connectivity index (χ0n) is 8.79. The van der Waals surface area contributed by atoms with Crippen LogP contribution in [0.25, 0.3) is 0 Å². The summed E-state index contributed by atoms with van der Waals surface area (Å²) in [4.78, 5) is 2.45. The first-order chi connectivity index (χ1) is 8.45. The average molecular weight is 326 g/mol. The van der Waals surface area contributed by atoms with Crippen molar-refractivity contribution in [2.75, 3.05) is 6.61 Å². The molecular weight excluding hydrogens is 321 g/mol. The molecule has 1 heterocycles. The van der Waals surface area contributed by atoms with Crippen molar-refractivity contribution in [1.82, 2.24) is 4.98 Å². The highest BCUT2D eigenvalue weighted by atomic mass is 35.7. The number of rotatable bonds is 4. The molecule has 4 nitrogen and oxygen atoms in total. The molecule has 1 aromatic rings. The van der Waals surface area contributed by atoms with E-state index in [9.17, 15) is 30.4 Å². The molecule has 0 aliphatic carbocycles. The SMILES string of the molecule is O=S(=O)(Cl)c1cccnc1OCC(F)(F)C(F)(F)F. The van der Waals surface area contributed by atoms with Gasteiger partial charge in [0.1, 0.15) is 4.90 Å². The molecule has 0 N–H and O–H groups in total. The molecule has 0 spiro atoms. The van der Waals surface area contributed by atoms with Crippen molar-refractivity contribution in [3.63, 3.8) is 0 Å². The molecule has 0 aliphatic heterocycles. The molecule has 0 amide bonds. The van der Waals surface area contributed by atoms with Crippen molar-refractivity contribution in [1.29, 1.82) is 0 Å². The molecule has 0 unspecified atom stereocenters. The molecule has 108 valence electrons. The maximum atomic E-state index is 12.6. The van der Waals surface area contributed by atoms with E-state index in [0.717, 1.165) is 18.3 Å². The minimum Gasteiger partial charge on any atom is -0.470 e. The molecule has 1 aromatic heterocycles. The van der Waals surface area contributed by atoms with Gasteiger partial charge < -0.3 is 4.74 Å². The predicted octanol–water partition coefficient (Wildman–Crippen LogP) is 2.59. The Morgan fingerprint density at radius 1 is 1.26 bits per heavy atom. The average Bonchev–Trinajstić information content (AvgIpc) is 2.24. The van der Waals surface area contributed by atoms with Gasteiger partial charge >= 0.3 is 12.1 Å². The third-order valence-corrected chi connectivity index (χ3v) is 3.14. The van der Waals surface area contributed by atoms with Crippen molar-refractivity contribution in [2.45, 2.75) is 17.0 Å². The Kier molecular flexibility index (Phi) is 4.25. The third-order valence-electron chi connectivity index (χ3n) is 1.80. The van der Waals surface area contributed by atoms with E-state index in [1.807, 2.05) is 0 Å². The third kappa shape index (κ3) is 3.90. The molecule has 0 saturated carbocycles. The Hall–Kier alpha value is -1.16. The zero-order valence-corrected chi connectivity index (χ0v) is 10.4. The molecule has 0 bridgehead atoms. The van der Waals surface area contributed by atoms with E-state index in [1.165, 1.54) is 0 Å². The Balaban J connectivity index is 2.97. The molecular formula is C8H5ClF5NO3S. The second kappa shape index (κ2) is 5.08. The first kappa shape index (κ1) is 15.9. The molecule has 0 fully saturated rings. The minimum absolute atomic E-state index is 0.797. The second-order valence-corrected chi connectivity index (χ2v) is 5.77. The lowest BCUT2D eigenvalue weighted by molar-refractivity contribution is -0.290. The van der Waals surface area contributed by atoms with Crippen LogP contribution in [-0.4, -0.2) is 32.1 Å². The summed E-state index contributed by atoms with van der Waals surface area (Å²) in [5.74, 6) is -6.07. The first-order valence-electron chi connectivity index (χ1n) is 4.42. The fraction of sp³-hybridized carbons (Fsp3) is 0.375. The highest BCUT2D eigenvalue weighted by molar-refractivity contribution is 8.13. The van der Waals surface area contributed by atoms with Gasteiger partial charge in [-0.1, -0.05) is 0 Å². The predicted molar refractivity (Wildman–Crippen MR) is 53.8 cm³/mol. The van der Waals surface area contributed by atoms with Crippen molar-refractivity contribution in [3.05, 3.63) is 18.3 Å². The topological polar surface area (TPSA) is 56.3 Å². The highest BCUT2D eigenvalue weighted by Gasteiger charge is 2.58. The number of alkyl halides is 5. The molecule has 0 atom stereocenters.